The van der Waals surface area contributed by atoms with E-state index in [1.54, 1.807) is 6.92 Å². The lowest BCUT2D eigenvalue weighted by Crippen LogP contribution is -3.00. The molecule has 0 aliphatic rings. The fourth-order valence-electron chi connectivity index (χ4n) is 3.81. The van der Waals surface area contributed by atoms with Gasteiger partial charge < -0.3 is 27.6 Å². The lowest BCUT2D eigenvalue weighted by molar-refractivity contribution is -0.661. The zero-order chi connectivity index (χ0) is 23.2. The van der Waals surface area contributed by atoms with Crippen molar-refractivity contribution in [1.29, 1.82) is 0 Å². The normalized spacial score (nSPS) is 11.9. The number of carbonyl (C=O) groups excluding carboxylic acids is 1. The number of rotatable bonds is 23. The third-order valence-electron chi connectivity index (χ3n) is 5.88. The highest BCUT2D eigenvalue weighted by Gasteiger charge is 2.10. The summed E-state index contributed by atoms with van der Waals surface area (Å²) >= 11 is 0. The first-order valence-corrected chi connectivity index (χ1v) is 13.3. The third kappa shape index (κ3) is 25.7. The van der Waals surface area contributed by atoms with E-state index in [2.05, 4.69) is 25.7 Å². The number of nitrogens with two attached hydrogens (primary N) is 1. The molecule has 0 aliphatic carbocycles. The Balaban J connectivity index is 0. The summed E-state index contributed by atoms with van der Waals surface area (Å²) in [5, 5.41) is 11.9. The number of aliphatic hydroxyl groups excluding tert-OH is 1. The molecule has 192 valence electrons. The molecule has 1 atom stereocenters. The van der Waals surface area contributed by atoms with Gasteiger partial charge in [0, 0.05) is 5.57 Å². The van der Waals surface area contributed by atoms with E-state index in [1.165, 1.54) is 103 Å². The Hall–Kier alpha value is -0.580. The molecule has 0 aliphatic heterocycles. The van der Waals surface area contributed by atoms with E-state index >= 15 is 0 Å². The summed E-state index contributed by atoms with van der Waals surface area (Å²) in [5.74, 6) is 0.443. The van der Waals surface area contributed by atoms with E-state index in [9.17, 15) is 9.90 Å². The van der Waals surface area contributed by atoms with Crippen LogP contribution in [0.4, 0.5) is 0 Å². The Kier molecular flexibility index (Phi) is 26.3. The van der Waals surface area contributed by atoms with E-state index in [1.807, 2.05) is 0 Å². The molecule has 0 radical (unpaired) electrons. The highest BCUT2D eigenvalue weighted by Crippen LogP contribution is 2.14. The Labute approximate surface area is 205 Å². The van der Waals surface area contributed by atoms with Gasteiger partial charge in [-0.2, -0.15) is 0 Å². The van der Waals surface area contributed by atoms with Gasteiger partial charge in [-0.25, -0.2) is 4.79 Å². The fourth-order valence-corrected chi connectivity index (χ4v) is 3.81. The van der Waals surface area contributed by atoms with Gasteiger partial charge in [0.15, 0.2) is 0 Å². The van der Waals surface area contributed by atoms with Crippen LogP contribution < -0.4 is 17.7 Å². The molecule has 5 heteroatoms. The van der Waals surface area contributed by atoms with Gasteiger partial charge in [-0.3, -0.25) is 0 Å². The Morgan fingerprint density at radius 2 is 1.22 bits per heavy atom. The minimum absolute atomic E-state index is 0. The minimum atomic E-state index is -0.599. The highest BCUT2D eigenvalue weighted by molar-refractivity contribution is 5.86. The molecule has 0 spiro atoms. The van der Waals surface area contributed by atoms with Crippen LogP contribution in [-0.4, -0.2) is 36.9 Å². The molecule has 0 fully saturated rings. The second-order valence-electron chi connectivity index (χ2n) is 9.83. The van der Waals surface area contributed by atoms with E-state index in [-0.39, 0.29) is 19.0 Å². The van der Waals surface area contributed by atoms with Crippen LogP contribution in [-0.2, 0) is 9.53 Å². The number of carbonyl (C=O) groups is 1. The first-order chi connectivity index (χ1) is 14.9. The summed E-state index contributed by atoms with van der Waals surface area (Å²) in [5.41, 5.74) is 0.370. The smallest absolute Gasteiger partial charge is 0.333 e. The van der Waals surface area contributed by atoms with E-state index < -0.39 is 12.1 Å². The van der Waals surface area contributed by atoms with Crippen LogP contribution in [0.15, 0.2) is 12.2 Å². The molecular formula is C27H54ClNO3. The molecule has 3 N–H and O–H groups in total. The Morgan fingerprint density at radius 1 is 0.812 bits per heavy atom. The van der Waals surface area contributed by atoms with Gasteiger partial charge in [-0.1, -0.05) is 110 Å². The molecule has 1 unspecified atom stereocenters. The van der Waals surface area contributed by atoms with Gasteiger partial charge in [0.1, 0.15) is 19.3 Å². The van der Waals surface area contributed by atoms with E-state index in [4.69, 9.17) is 4.74 Å². The number of ether oxygens (including phenoxy) is 1. The van der Waals surface area contributed by atoms with Gasteiger partial charge in [-0.05, 0) is 25.7 Å². The van der Waals surface area contributed by atoms with Crippen molar-refractivity contribution in [2.24, 2.45) is 5.92 Å². The zero-order valence-corrected chi connectivity index (χ0v) is 22.3. The first kappa shape index (κ1) is 33.6. The average molecular weight is 476 g/mol. The predicted octanol–water partition coefficient (Wildman–Crippen LogP) is 2.93. The van der Waals surface area contributed by atoms with Crippen molar-refractivity contribution in [3.8, 4) is 0 Å². The Bertz CT molecular complexity index is 429. The third-order valence-corrected chi connectivity index (χ3v) is 5.88. The monoisotopic (exact) mass is 475 g/mol. The number of halogens is 1. The molecule has 0 bridgehead atoms. The number of unbranched alkanes of at least 4 members (excludes halogenated alkanes) is 14. The van der Waals surface area contributed by atoms with Gasteiger partial charge in [-0.15, -0.1) is 0 Å². The van der Waals surface area contributed by atoms with Crippen molar-refractivity contribution < 1.29 is 32.4 Å². The van der Waals surface area contributed by atoms with Crippen LogP contribution in [0, 0.1) is 5.92 Å². The summed E-state index contributed by atoms with van der Waals surface area (Å²) < 4.78 is 4.95. The summed E-state index contributed by atoms with van der Waals surface area (Å²) in [7, 11) is 0. The molecule has 0 saturated carbocycles. The summed E-state index contributed by atoms with van der Waals surface area (Å²) in [4.78, 5) is 11.3. The molecule has 32 heavy (non-hydrogen) atoms. The topological polar surface area (TPSA) is 63.1 Å². The van der Waals surface area contributed by atoms with Crippen molar-refractivity contribution in [2.75, 3.05) is 19.7 Å². The lowest BCUT2D eigenvalue weighted by atomic mass is 10.0. The van der Waals surface area contributed by atoms with Crippen molar-refractivity contribution in [2.45, 2.75) is 130 Å². The predicted molar refractivity (Wildman–Crippen MR) is 132 cm³/mol. The number of quaternary nitrogens is 1. The van der Waals surface area contributed by atoms with Crippen LogP contribution in [0.1, 0.15) is 124 Å². The van der Waals surface area contributed by atoms with Gasteiger partial charge >= 0.3 is 5.97 Å². The molecule has 0 aromatic heterocycles. The van der Waals surface area contributed by atoms with Gasteiger partial charge in [0.05, 0.1) is 6.54 Å². The minimum Gasteiger partial charge on any atom is -1.00 e. The zero-order valence-electron chi connectivity index (χ0n) is 21.5. The highest BCUT2D eigenvalue weighted by atomic mass is 35.5. The van der Waals surface area contributed by atoms with Crippen LogP contribution in [0.3, 0.4) is 0 Å². The SMILES string of the molecule is C=C(C)C(=O)OCC(O)C[NH2+]CCCCCCCCCCCCCCCCCC(C)C.[Cl-]. The number of aliphatic hydroxyl groups is 1. The van der Waals surface area contributed by atoms with Crippen molar-refractivity contribution in [3.05, 3.63) is 12.2 Å². The van der Waals surface area contributed by atoms with Crippen LogP contribution in [0.2, 0.25) is 0 Å². The summed E-state index contributed by atoms with van der Waals surface area (Å²) in [6, 6.07) is 0. The van der Waals surface area contributed by atoms with Crippen molar-refractivity contribution in [1.82, 2.24) is 0 Å². The molecule has 0 rings (SSSR count). The maximum Gasteiger partial charge on any atom is 0.333 e. The second-order valence-corrected chi connectivity index (χ2v) is 9.83. The maximum atomic E-state index is 11.3. The first-order valence-electron chi connectivity index (χ1n) is 13.3. The number of hydrogen-bond donors (Lipinski definition) is 2. The molecule has 0 heterocycles. The molecular weight excluding hydrogens is 422 g/mol. The summed E-state index contributed by atoms with van der Waals surface area (Å²) in [6.45, 7) is 11.5. The van der Waals surface area contributed by atoms with Crippen LogP contribution in [0.5, 0.6) is 0 Å². The largest absolute Gasteiger partial charge is 1.00 e. The molecule has 0 amide bonds. The van der Waals surface area contributed by atoms with Crippen LogP contribution >= 0.6 is 0 Å². The van der Waals surface area contributed by atoms with Crippen molar-refractivity contribution in [3.63, 3.8) is 0 Å². The van der Waals surface area contributed by atoms with E-state index in [0.717, 1.165) is 12.5 Å². The molecule has 0 saturated heterocycles. The van der Waals surface area contributed by atoms with Gasteiger partial charge in [0.2, 0.25) is 0 Å². The average Bonchev–Trinajstić information content (AvgIpc) is 2.73. The van der Waals surface area contributed by atoms with Crippen molar-refractivity contribution >= 4 is 5.97 Å². The lowest BCUT2D eigenvalue weighted by Gasteiger charge is -2.10. The van der Waals surface area contributed by atoms with E-state index in [0.29, 0.717) is 12.1 Å². The molecule has 0 aromatic rings. The standard InChI is InChI=1S/C27H53NO3.ClH/c1-24(2)20-18-16-14-12-10-8-6-5-7-9-11-13-15-17-19-21-28-22-26(29)23-31-27(30)25(3)4;/h24,26,28-29H,3,5-23H2,1-2,4H3;1H. The van der Waals surface area contributed by atoms with Gasteiger partial charge in [0.25, 0.3) is 0 Å². The quantitative estimate of drug-likeness (QED) is 0.136. The maximum absolute atomic E-state index is 11.3. The van der Waals surface area contributed by atoms with Crippen LogP contribution in [0.25, 0.3) is 0 Å². The number of esters is 1. The molecule has 4 nitrogen and oxygen atoms in total. The Morgan fingerprint density at radius 3 is 1.62 bits per heavy atom. The summed E-state index contributed by atoms with van der Waals surface area (Å²) in [6.07, 6.45) is 21.6. The fraction of sp³-hybridized carbons (Fsp3) is 0.889. The molecule has 0 aromatic carbocycles. The number of hydrogen-bond acceptors (Lipinski definition) is 3. The second kappa shape index (κ2) is 25.1.